The molecule has 0 radical (unpaired) electrons. The van der Waals surface area contributed by atoms with Crippen LogP contribution < -0.4 is 11.2 Å². The molecule has 0 spiro atoms. The van der Waals surface area contributed by atoms with Crippen molar-refractivity contribution < 1.29 is 44.5 Å². The molecule has 1 aromatic heterocycles. The summed E-state index contributed by atoms with van der Waals surface area (Å²) in [4.78, 5) is 25.5. The number of alkyl halides is 1. The number of nitrogens with one attached hydrogen (secondary N) is 1. The van der Waals surface area contributed by atoms with Crippen molar-refractivity contribution in [3.63, 3.8) is 0 Å². The summed E-state index contributed by atoms with van der Waals surface area (Å²) in [7, 11) is 0. The molecular weight excluding hydrogens is 375 g/mol. The lowest BCUT2D eigenvalue weighted by Gasteiger charge is -2.39. The molecule has 152 valence electrons. The van der Waals surface area contributed by atoms with Gasteiger partial charge in [-0.2, -0.15) is 0 Å². The minimum absolute atomic E-state index is 0.472. The molecule has 0 saturated carbocycles. The van der Waals surface area contributed by atoms with Gasteiger partial charge in [-0.05, 0) is 0 Å². The van der Waals surface area contributed by atoms with E-state index in [2.05, 4.69) is 0 Å². The molecule has 8 atom stereocenters. The Labute approximate surface area is 149 Å². The molecule has 1 unspecified atom stereocenters. The maximum atomic E-state index is 14.7. The van der Waals surface area contributed by atoms with Gasteiger partial charge in [-0.15, -0.1) is 0 Å². The first-order valence-corrected chi connectivity index (χ1v) is 7.94. The molecule has 13 heteroatoms. The third-order valence-electron chi connectivity index (χ3n) is 4.87. The first kappa shape index (κ1) is 20.0. The second-order valence-electron chi connectivity index (χ2n) is 6.41. The number of hydrogen-bond acceptors (Lipinski definition) is 10. The smallest absolute Gasteiger partial charge is 0.330 e. The van der Waals surface area contributed by atoms with Crippen LogP contribution in [0.2, 0.25) is 0 Å². The summed E-state index contributed by atoms with van der Waals surface area (Å²) in [5, 5.41) is 59.3. The van der Waals surface area contributed by atoms with Crippen LogP contribution in [0, 0.1) is 0 Å². The van der Waals surface area contributed by atoms with Gasteiger partial charge in [0, 0.05) is 12.3 Å². The van der Waals surface area contributed by atoms with Crippen molar-refractivity contribution >= 4 is 0 Å². The summed E-state index contributed by atoms with van der Waals surface area (Å²) in [6.07, 6.45) is -10.7. The Kier molecular flexibility index (Phi) is 4.98. The minimum atomic E-state index is -3.59. The fourth-order valence-corrected chi connectivity index (χ4v) is 3.49. The Morgan fingerprint density at radius 3 is 2.33 bits per heavy atom. The van der Waals surface area contributed by atoms with Gasteiger partial charge in [0.05, 0.1) is 13.2 Å². The quantitative estimate of drug-likeness (QED) is 0.260. The zero-order valence-corrected chi connectivity index (χ0v) is 13.7. The standard InChI is InChI=1S/C14H19FN2O10/c15-13(25)6(4-19)27-14(11(13)23,17-2-1-7(20)16-12(17)24)10-9(22)8(21)5(3-18)26-10/h1-2,5-6,8-11,18-19,21-23,25H,3-4H2,(H,16,20,24)/t5-,6-,8-,9-,10?,11-,13-,14-/m1/s1. The van der Waals surface area contributed by atoms with Crippen molar-refractivity contribution in [2.24, 2.45) is 0 Å². The van der Waals surface area contributed by atoms with Crippen molar-refractivity contribution in [2.75, 3.05) is 13.2 Å². The van der Waals surface area contributed by atoms with E-state index in [1.54, 1.807) is 0 Å². The van der Waals surface area contributed by atoms with Gasteiger partial charge in [-0.25, -0.2) is 9.18 Å². The van der Waals surface area contributed by atoms with E-state index in [1.807, 2.05) is 4.98 Å². The van der Waals surface area contributed by atoms with Gasteiger partial charge < -0.3 is 40.1 Å². The van der Waals surface area contributed by atoms with Crippen LogP contribution in [-0.2, 0) is 15.2 Å². The molecule has 2 saturated heterocycles. The maximum Gasteiger partial charge on any atom is 0.330 e. The van der Waals surface area contributed by atoms with E-state index >= 15 is 0 Å². The summed E-state index contributed by atoms with van der Waals surface area (Å²) < 4.78 is 25.7. The van der Waals surface area contributed by atoms with Gasteiger partial charge in [0.2, 0.25) is 5.72 Å². The van der Waals surface area contributed by atoms with Crippen molar-refractivity contribution in [3.8, 4) is 0 Å². The highest BCUT2D eigenvalue weighted by Gasteiger charge is 2.72. The van der Waals surface area contributed by atoms with Crippen LogP contribution in [-0.4, -0.2) is 95.9 Å². The minimum Gasteiger partial charge on any atom is -0.394 e. The second kappa shape index (κ2) is 6.72. The molecule has 27 heavy (non-hydrogen) atoms. The van der Waals surface area contributed by atoms with E-state index in [1.165, 1.54) is 0 Å². The number of rotatable bonds is 4. The van der Waals surface area contributed by atoms with E-state index in [0.717, 1.165) is 12.3 Å². The third kappa shape index (κ3) is 2.75. The third-order valence-corrected chi connectivity index (χ3v) is 4.87. The van der Waals surface area contributed by atoms with Gasteiger partial charge in [0.15, 0.2) is 6.10 Å². The fourth-order valence-electron chi connectivity index (χ4n) is 3.49. The van der Waals surface area contributed by atoms with Crippen LogP contribution in [0.15, 0.2) is 21.9 Å². The number of aliphatic hydroxyl groups excluding tert-OH is 5. The van der Waals surface area contributed by atoms with E-state index in [9.17, 15) is 44.6 Å². The topological polar surface area (TPSA) is 195 Å². The summed E-state index contributed by atoms with van der Waals surface area (Å²) >= 11 is 0. The van der Waals surface area contributed by atoms with Crippen molar-refractivity contribution in [2.45, 2.75) is 48.2 Å². The van der Waals surface area contributed by atoms with Crippen LogP contribution >= 0.6 is 0 Å². The highest BCUT2D eigenvalue weighted by Crippen LogP contribution is 2.48. The zero-order valence-electron chi connectivity index (χ0n) is 13.7. The SMILES string of the molecule is O=c1ccn([C@]2(C3O[C@H](CO)[C@@H](O)[C@H]3O)O[C@H](CO)[C@](O)(F)[C@H]2O)c(=O)[nH]1. The number of halogens is 1. The molecule has 3 rings (SSSR count). The first-order chi connectivity index (χ1) is 12.6. The number of nitrogens with zero attached hydrogens (tertiary/aromatic N) is 1. The molecule has 7 N–H and O–H groups in total. The number of aliphatic hydroxyl groups is 6. The molecule has 2 fully saturated rings. The van der Waals surface area contributed by atoms with Gasteiger partial charge in [-0.1, -0.05) is 0 Å². The second-order valence-corrected chi connectivity index (χ2v) is 6.41. The highest BCUT2D eigenvalue weighted by molar-refractivity contribution is 5.12. The normalized spacial score (nSPS) is 44.7. The Morgan fingerprint density at radius 1 is 1.19 bits per heavy atom. The monoisotopic (exact) mass is 394 g/mol. The fraction of sp³-hybridized carbons (Fsp3) is 0.714. The van der Waals surface area contributed by atoms with Crippen LogP contribution in [0.25, 0.3) is 0 Å². The summed E-state index contributed by atoms with van der Waals surface area (Å²) in [6, 6.07) is 0.823. The molecular formula is C14H19FN2O10. The first-order valence-electron chi connectivity index (χ1n) is 7.94. The number of hydrogen-bond donors (Lipinski definition) is 7. The summed E-state index contributed by atoms with van der Waals surface area (Å²) in [5.41, 5.74) is -4.74. The lowest BCUT2D eigenvalue weighted by Crippen LogP contribution is -2.62. The molecule has 0 aliphatic carbocycles. The predicted molar refractivity (Wildman–Crippen MR) is 81.1 cm³/mol. The van der Waals surface area contributed by atoms with Gasteiger partial charge in [0.1, 0.15) is 30.5 Å². The van der Waals surface area contributed by atoms with Crippen LogP contribution in [0.4, 0.5) is 4.39 Å². The molecule has 2 aliphatic heterocycles. The molecule has 2 aliphatic rings. The lowest BCUT2D eigenvalue weighted by molar-refractivity contribution is -0.237. The van der Waals surface area contributed by atoms with E-state index in [-0.39, 0.29) is 0 Å². The lowest BCUT2D eigenvalue weighted by atomic mass is 9.91. The molecule has 3 heterocycles. The molecule has 0 aromatic carbocycles. The van der Waals surface area contributed by atoms with Crippen LogP contribution in [0.5, 0.6) is 0 Å². The van der Waals surface area contributed by atoms with E-state index in [4.69, 9.17) is 9.47 Å². The Hall–Kier alpha value is -1.71. The summed E-state index contributed by atoms with van der Waals surface area (Å²) in [5.74, 6) is -3.59. The number of ether oxygens (including phenoxy) is 2. The predicted octanol–water partition coefficient (Wildman–Crippen LogP) is -4.92. The van der Waals surface area contributed by atoms with Crippen molar-refractivity contribution in [1.29, 1.82) is 0 Å². The van der Waals surface area contributed by atoms with Crippen LogP contribution in [0.1, 0.15) is 0 Å². The average molecular weight is 394 g/mol. The Morgan fingerprint density at radius 2 is 1.85 bits per heavy atom. The average Bonchev–Trinajstić information content (AvgIpc) is 3.01. The number of H-pyrrole nitrogens is 1. The number of aromatic nitrogens is 2. The van der Waals surface area contributed by atoms with E-state index < -0.39 is 72.7 Å². The zero-order chi connectivity index (χ0) is 20.1. The molecule has 1 aromatic rings. The van der Waals surface area contributed by atoms with Crippen LogP contribution in [0.3, 0.4) is 0 Å². The molecule has 0 bridgehead atoms. The van der Waals surface area contributed by atoms with Gasteiger partial charge in [-0.3, -0.25) is 14.3 Å². The molecule has 12 nitrogen and oxygen atoms in total. The Bertz CT molecular complexity index is 812. The van der Waals surface area contributed by atoms with Crippen molar-refractivity contribution in [1.82, 2.24) is 9.55 Å². The number of aromatic amines is 1. The van der Waals surface area contributed by atoms with E-state index in [0.29, 0.717) is 4.57 Å². The molecule has 0 amide bonds. The highest BCUT2D eigenvalue weighted by atomic mass is 19.2. The van der Waals surface area contributed by atoms with Crippen molar-refractivity contribution in [3.05, 3.63) is 33.1 Å². The largest absolute Gasteiger partial charge is 0.394 e. The van der Waals surface area contributed by atoms with Gasteiger partial charge in [0.25, 0.3) is 11.4 Å². The van der Waals surface area contributed by atoms with Gasteiger partial charge >= 0.3 is 5.69 Å². The Balaban J connectivity index is 2.23. The summed E-state index contributed by atoms with van der Waals surface area (Å²) in [6.45, 7) is -1.90. The maximum absolute atomic E-state index is 14.7.